The number of likely N-dealkylation sites (N-methyl/N-ethyl adjacent to an activating group) is 1. The van der Waals surface area contributed by atoms with Gasteiger partial charge in [-0.2, -0.15) is 0 Å². The first-order valence-electron chi connectivity index (χ1n) is 8.12. The van der Waals surface area contributed by atoms with Crippen molar-refractivity contribution < 1.29 is 0 Å². The van der Waals surface area contributed by atoms with Crippen LogP contribution in [-0.4, -0.2) is 31.1 Å². The molecule has 1 N–H and O–H groups in total. The number of hydrogen-bond acceptors (Lipinski definition) is 2. The molecule has 0 aliphatic heterocycles. The Morgan fingerprint density at radius 2 is 2.05 bits per heavy atom. The molecule has 2 rings (SSSR count). The third kappa shape index (κ3) is 4.92. The first-order chi connectivity index (χ1) is 9.65. The molecule has 0 bridgehead atoms. The molecule has 0 radical (unpaired) electrons. The van der Waals surface area contributed by atoms with E-state index >= 15 is 0 Å². The Morgan fingerprint density at radius 3 is 2.80 bits per heavy atom. The molecular weight excluding hydrogens is 244 g/mol. The summed E-state index contributed by atoms with van der Waals surface area (Å²) in [5.74, 6) is 0.853. The molecule has 1 aliphatic rings. The summed E-state index contributed by atoms with van der Waals surface area (Å²) in [5.41, 5.74) is 2.77. The molecular formula is C18H30N2. The van der Waals surface area contributed by atoms with Crippen molar-refractivity contribution in [3.8, 4) is 0 Å². The molecule has 1 saturated carbocycles. The highest BCUT2D eigenvalue weighted by Crippen LogP contribution is 2.23. The summed E-state index contributed by atoms with van der Waals surface area (Å²) in [4.78, 5) is 2.41. The molecule has 0 aromatic heterocycles. The van der Waals surface area contributed by atoms with Crippen LogP contribution >= 0.6 is 0 Å². The summed E-state index contributed by atoms with van der Waals surface area (Å²) < 4.78 is 0. The van der Waals surface area contributed by atoms with Gasteiger partial charge in [-0.05, 0) is 38.3 Å². The Labute approximate surface area is 124 Å². The lowest BCUT2D eigenvalue weighted by Gasteiger charge is -2.30. The molecule has 0 amide bonds. The summed E-state index contributed by atoms with van der Waals surface area (Å²) in [6.45, 7) is 7.83. The van der Waals surface area contributed by atoms with Crippen molar-refractivity contribution in [1.82, 2.24) is 10.2 Å². The molecule has 0 spiro atoms. The second-order valence-corrected chi connectivity index (χ2v) is 6.55. The second kappa shape index (κ2) is 7.80. The molecule has 0 saturated heterocycles. The van der Waals surface area contributed by atoms with E-state index in [0.29, 0.717) is 0 Å². The van der Waals surface area contributed by atoms with E-state index in [1.165, 1.54) is 36.8 Å². The van der Waals surface area contributed by atoms with Crippen LogP contribution in [0.5, 0.6) is 0 Å². The van der Waals surface area contributed by atoms with Crippen molar-refractivity contribution in [3.63, 3.8) is 0 Å². The van der Waals surface area contributed by atoms with Gasteiger partial charge < -0.3 is 10.2 Å². The molecule has 1 aromatic carbocycles. The molecule has 2 unspecified atom stereocenters. The van der Waals surface area contributed by atoms with Gasteiger partial charge in [-0.3, -0.25) is 0 Å². The van der Waals surface area contributed by atoms with Crippen molar-refractivity contribution in [1.29, 1.82) is 0 Å². The molecule has 1 aliphatic carbocycles. The highest BCUT2D eigenvalue weighted by atomic mass is 15.1. The van der Waals surface area contributed by atoms with Crippen LogP contribution in [0.15, 0.2) is 24.3 Å². The van der Waals surface area contributed by atoms with Gasteiger partial charge in [0.2, 0.25) is 0 Å². The smallest absolute Gasteiger partial charge is 0.0231 e. The third-order valence-electron chi connectivity index (χ3n) is 4.55. The molecule has 112 valence electrons. The van der Waals surface area contributed by atoms with E-state index in [1.54, 1.807) is 0 Å². The zero-order valence-corrected chi connectivity index (χ0v) is 13.4. The highest BCUT2D eigenvalue weighted by molar-refractivity contribution is 5.21. The van der Waals surface area contributed by atoms with Gasteiger partial charge in [-0.1, -0.05) is 49.6 Å². The summed E-state index contributed by atoms with van der Waals surface area (Å²) in [7, 11) is 2.22. The van der Waals surface area contributed by atoms with E-state index < -0.39 is 0 Å². The zero-order chi connectivity index (χ0) is 14.4. The average molecular weight is 274 g/mol. The van der Waals surface area contributed by atoms with Crippen LogP contribution in [0.4, 0.5) is 0 Å². The summed E-state index contributed by atoms with van der Waals surface area (Å²) in [6.07, 6.45) is 5.59. The predicted molar refractivity (Wildman–Crippen MR) is 86.9 cm³/mol. The number of nitrogens with one attached hydrogen (secondary N) is 1. The maximum Gasteiger partial charge on any atom is 0.0231 e. The number of aryl methyl sites for hydroxylation is 1. The average Bonchev–Trinajstić information content (AvgIpc) is 2.41. The first kappa shape index (κ1) is 15.5. The van der Waals surface area contributed by atoms with Gasteiger partial charge in [-0.15, -0.1) is 0 Å². The molecule has 2 atom stereocenters. The third-order valence-corrected chi connectivity index (χ3v) is 4.55. The van der Waals surface area contributed by atoms with E-state index in [0.717, 1.165) is 31.6 Å². The maximum absolute atomic E-state index is 3.76. The fraction of sp³-hybridized carbons (Fsp3) is 0.667. The molecule has 2 heteroatoms. The van der Waals surface area contributed by atoms with Gasteiger partial charge in [0.1, 0.15) is 0 Å². The number of rotatable bonds is 6. The van der Waals surface area contributed by atoms with Crippen LogP contribution in [0.2, 0.25) is 0 Å². The number of hydrogen-bond donors (Lipinski definition) is 1. The minimum Gasteiger partial charge on any atom is -0.312 e. The van der Waals surface area contributed by atoms with E-state index in [1.807, 2.05) is 0 Å². The Balaban J connectivity index is 1.68. The monoisotopic (exact) mass is 274 g/mol. The normalized spacial score (nSPS) is 23.2. The quantitative estimate of drug-likeness (QED) is 0.853. The fourth-order valence-corrected chi connectivity index (χ4v) is 3.26. The highest BCUT2D eigenvalue weighted by Gasteiger charge is 2.20. The van der Waals surface area contributed by atoms with Crippen molar-refractivity contribution in [3.05, 3.63) is 35.4 Å². The van der Waals surface area contributed by atoms with E-state index in [9.17, 15) is 0 Å². The first-order valence-corrected chi connectivity index (χ1v) is 8.12. The SMILES string of the molecule is Cc1cccc(CN(C)CCNC2CCCCC2C)c1. The van der Waals surface area contributed by atoms with Gasteiger partial charge in [-0.25, -0.2) is 0 Å². The standard InChI is InChI=1S/C18H30N2/c1-15-7-6-9-17(13-15)14-20(3)12-11-19-18-10-5-4-8-16(18)2/h6-7,9,13,16,18-19H,4-5,8,10-12,14H2,1-3H3. The Kier molecular flexibility index (Phi) is 6.06. The van der Waals surface area contributed by atoms with Crippen LogP contribution in [0.3, 0.4) is 0 Å². The van der Waals surface area contributed by atoms with Crippen LogP contribution < -0.4 is 5.32 Å². The van der Waals surface area contributed by atoms with Crippen LogP contribution in [0.25, 0.3) is 0 Å². The lowest BCUT2D eigenvalue weighted by atomic mass is 9.86. The van der Waals surface area contributed by atoms with Crippen molar-refractivity contribution >= 4 is 0 Å². The number of benzene rings is 1. The number of nitrogens with zero attached hydrogens (tertiary/aromatic N) is 1. The lowest BCUT2D eigenvalue weighted by molar-refractivity contribution is 0.258. The largest absolute Gasteiger partial charge is 0.312 e. The minimum atomic E-state index is 0.746. The minimum absolute atomic E-state index is 0.746. The van der Waals surface area contributed by atoms with Gasteiger partial charge in [0, 0.05) is 25.7 Å². The van der Waals surface area contributed by atoms with E-state index in [2.05, 4.69) is 55.4 Å². The summed E-state index contributed by atoms with van der Waals surface area (Å²) in [5, 5.41) is 3.76. The Morgan fingerprint density at radius 1 is 1.25 bits per heavy atom. The molecule has 1 fully saturated rings. The lowest BCUT2D eigenvalue weighted by Crippen LogP contribution is -2.40. The molecule has 0 heterocycles. The Hall–Kier alpha value is -0.860. The van der Waals surface area contributed by atoms with Crippen LogP contribution in [0, 0.1) is 12.8 Å². The van der Waals surface area contributed by atoms with E-state index in [-0.39, 0.29) is 0 Å². The van der Waals surface area contributed by atoms with Gasteiger partial charge in [0.25, 0.3) is 0 Å². The van der Waals surface area contributed by atoms with Gasteiger partial charge in [0.05, 0.1) is 0 Å². The van der Waals surface area contributed by atoms with Crippen LogP contribution in [-0.2, 0) is 6.54 Å². The second-order valence-electron chi connectivity index (χ2n) is 6.55. The van der Waals surface area contributed by atoms with Crippen LogP contribution in [0.1, 0.15) is 43.7 Å². The molecule has 20 heavy (non-hydrogen) atoms. The fourth-order valence-electron chi connectivity index (χ4n) is 3.26. The van der Waals surface area contributed by atoms with Crippen molar-refractivity contribution in [2.24, 2.45) is 5.92 Å². The summed E-state index contributed by atoms with van der Waals surface area (Å²) in [6, 6.07) is 9.57. The molecule has 1 aromatic rings. The topological polar surface area (TPSA) is 15.3 Å². The zero-order valence-electron chi connectivity index (χ0n) is 13.4. The Bertz CT molecular complexity index is 402. The van der Waals surface area contributed by atoms with E-state index in [4.69, 9.17) is 0 Å². The maximum atomic E-state index is 3.76. The predicted octanol–water partition coefficient (Wildman–Crippen LogP) is 3.60. The van der Waals surface area contributed by atoms with Gasteiger partial charge >= 0.3 is 0 Å². The summed E-state index contributed by atoms with van der Waals surface area (Å²) >= 11 is 0. The van der Waals surface area contributed by atoms with Crippen molar-refractivity contribution in [2.75, 3.05) is 20.1 Å². The van der Waals surface area contributed by atoms with Gasteiger partial charge in [0.15, 0.2) is 0 Å². The van der Waals surface area contributed by atoms with Crippen molar-refractivity contribution in [2.45, 2.75) is 52.1 Å². The molecule has 2 nitrogen and oxygen atoms in total.